The lowest BCUT2D eigenvalue weighted by atomic mass is 9.88. The number of nitrogens with zero attached hydrogens (tertiary/aromatic N) is 1. The Morgan fingerprint density at radius 2 is 1.90 bits per heavy atom. The fourth-order valence-corrected chi connectivity index (χ4v) is 3.44. The molecule has 0 amide bonds. The van der Waals surface area contributed by atoms with Gasteiger partial charge < -0.3 is 5.73 Å². The Kier molecular flexibility index (Phi) is 4.94. The van der Waals surface area contributed by atoms with Crippen molar-refractivity contribution in [1.82, 2.24) is 4.31 Å². The Hall–Kier alpha value is -0.980. The average molecular weight is 302 g/mol. The number of halogens is 1. The van der Waals surface area contributed by atoms with Gasteiger partial charge in [-0.15, -0.1) is 0 Å². The summed E-state index contributed by atoms with van der Waals surface area (Å²) in [7, 11) is -2.41. The SMILES string of the molecule is CC(N(C)S(=O)(=O)c1cc(CN)ccc1F)C(C)(C)C. The van der Waals surface area contributed by atoms with E-state index >= 15 is 0 Å². The van der Waals surface area contributed by atoms with Crippen LogP contribution >= 0.6 is 0 Å². The monoisotopic (exact) mass is 302 g/mol. The van der Waals surface area contributed by atoms with Crippen LogP contribution in [0.2, 0.25) is 0 Å². The summed E-state index contributed by atoms with van der Waals surface area (Å²) in [5.41, 5.74) is 5.83. The third-order valence-corrected chi connectivity index (χ3v) is 5.63. The first-order valence-corrected chi connectivity index (χ1v) is 7.92. The van der Waals surface area contributed by atoms with Crippen LogP contribution in [0.4, 0.5) is 4.39 Å². The molecule has 1 unspecified atom stereocenters. The van der Waals surface area contributed by atoms with Gasteiger partial charge in [0.25, 0.3) is 0 Å². The highest BCUT2D eigenvalue weighted by molar-refractivity contribution is 7.89. The fraction of sp³-hybridized carbons (Fsp3) is 0.571. The van der Waals surface area contributed by atoms with E-state index in [4.69, 9.17) is 5.73 Å². The van der Waals surface area contributed by atoms with E-state index in [9.17, 15) is 12.8 Å². The lowest BCUT2D eigenvalue weighted by molar-refractivity contribution is 0.216. The molecule has 0 aliphatic carbocycles. The lowest BCUT2D eigenvalue weighted by Crippen LogP contribution is -2.43. The molecule has 0 fully saturated rings. The van der Waals surface area contributed by atoms with Crippen LogP contribution < -0.4 is 5.73 Å². The van der Waals surface area contributed by atoms with Gasteiger partial charge in [0.05, 0.1) is 0 Å². The molecule has 114 valence electrons. The Morgan fingerprint density at radius 1 is 1.35 bits per heavy atom. The molecule has 0 radical (unpaired) electrons. The van der Waals surface area contributed by atoms with Crippen molar-refractivity contribution < 1.29 is 12.8 Å². The van der Waals surface area contributed by atoms with Gasteiger partial charge in [-0.2, -0.15) is 4.31 Å². The van der Waals surface area contributed by atoms with Crippen molar-refractivity contribution in [2.45, 2.75) is 45.2 Å². The van der Waals surface area contributed by atoms with Crippen molar-refractivity contribution in [3.63, 3.8) is 0 Å². The Morgan fingerprint density at radius 3 is 2.35 bits per heavy atom. The third-order valence-electron chi connectivity index (χ3n) is 3.69. The van der Waals surface area contributed by atoms with Crippen LogP contribution in [0, 0.1) is 11.2 Å². The maximum absolute atomic E-state index is 13.9. The van der Waals surface area contributed by atoms with Gasteiger partial charge in [0.2, 0.25) is 10.0 Å². The summed E-state index contributed by atoms with van der Waals surface area (Å²) >= 11 is 0. The number of hydrogen-bond donors (Lipinski definition) is 1. The minimum Gasteiger partial charge on any atom is -0.326 e. The Bertz CT molecular complexity index is 579. The van der Waals surface area contributed by atoms with E-state index in [0.717, 1.165) is 6.07 Å². The van der Waals surface area contributed by atoms with Crippen molar-refractivity contribution in [1.29, 1.82) is 0 Å². The molecule has 0 saturated heterocycles. The highest BCUT2D eigenvalue weighted by Crippen LogP contribution is 2.28. The van der Waals surface area contributed by atoms with Gasteiger partial charge in [-0.3, -0.25) is 0 Å². The largest absolute Gasteiger partial charge is 0.326 e. The molecule has 6 heteroatoms. The molecule has 1 rings (SSSR count). The van der Waals surface area contributed by atoms with Gasteiger partial charge in [-0.1, -0.05) is 26.8 Å². The second-order valence-electron chi connectivity index (χ2n) is 6.03. The van der Waals surface area contributed by atoms with Crippen LogP contribution in [0.3, 0.4) is 0 Å². The topological polar surface area (TPSA) is 63.4 Å². The number of nitrogens with two attached hydrogens (primary N) is 1. The molecule has 0 spiro atoms. The van der Waals surface area contributed by atoms with E-state index in [0.29, 0.717) is 5.56 Å². The molecule has 0 aliphatic rings. The Balaban J connectivity index is 3.30. The quantitative estimate of drug-likeness (QED) is 0.928. The highest BCUT2D eigenvalue weighted by atomic mass is 32.2. The predicted octanol–water partition coefficient (Wildman–Crippen LogP) is 2.34. The molecule has 0 aliphatic heterocycles. The first-order chi connectivity index (χ1) is 9.01. The first-order valence-electron chi connectivity index (χ1n) is 6.48. The van der Waals surface area contributed by atoms with Crippen LogP contribution in [-0.2, 0) is 16.6 Å². The molecule has 1 atom stereocenters. The third kappa shape index (κ3) is 3.37. The van der Waals surface area contributed by atoms with E-state index in [1.165, 1.54) is 23.5 Å². The maximum atomic E-state index is 13.9. The number of hydrogen-bond acceptors (Lipinski definition) is 3. The van der Waals surface area contributed by atoms with Gasteiger partial charge in [-0.25, -0.2) is 12.8 Å². The van der Waals surface area contributed by atoms with Crippen molar-refractivity contribution >= 4 is 10.0 Å². The number of rotatable bonds is 4. The van der Waals surface area contributed by atoms with E-state index in [2.05, 4.69) is 0 Å². The van der Waals surface area contributed by atoms with Gasteiger partial charge in [-0.05, 0) is 30.0 Å². The van der Waals surface area contributed by atoms with E-state index < -0.39 is 15.8 Å². The minimum atomic E-state index is -3.88. The van der Waals surface area contributed by atoms with Gasteiger partial charge in [0.1, 0.15) is 10.7 Å². The van der Waals surface area contributed by atoms with Crippen LogP contribution in [0.1, 0.15) is 33.3 Å². The molecule has 0 heterocycles. The molecule has 0 saturated carbocycles. The van der Waals surface area contributed by atoms with Gasteiger partial charge in [0, 0.05) is 19.6 Å². The zero-order chi connectivity index (χ0) is 15.7. The highest BCUT2D eigenvalue weighted by Gasteiger charge is 2.33. The maximum Gasteiger partial charge on any atom is 0.246 e. The summed E-state index contributed by atoms with van der Waals surface area (Å²) < 4.78 is 40.2. The van der Waals surface area contributed by atoms with Crippen LogP contribution in [-0.4, -0.2) is 25.8 Å². The number of sulfonamides is 1. The zero-order valence-electron chi connectivity index (χ0n) is 12.6. The van der Waals surface area contributed by atoms with Crippen LogP contribution in [0.15, 0.2) is 23.1 Å². The van der Waals surface area contributed by atoms with Crippen molar-refractivity contribution in [2.24, 2.45) is 11.1 Å². The van der Waals surface area contributed by atoms with Crippen LogP contribution in [0.25, 0.3) is 0 Å². The molecule has 20 heavy (non-hydrogen) atoms. The average Bonchev–Trinajstić information content (AvgIpc) is 2.36. The minimum absolute atomic E-state index is 0.168. The van der Waals surface area contributed by atoms with E-state index in [1.807, 2.05) is 27.7 Å². The van der Waals surface area contributed by atoms with E-state index in [-0.39, 0.29) is 22.9 Å². The summed E-state index contributed by atoms with van der Waals surface area (Å²) in [5.74, 6) is -0.754. The fourth-order valence-electron chi connectivity index (χ4n) is 1.78. The smallest absolute Gasteiger partial charge is 0.246 e. The molecular weight excluding hydrogens is 279 g/mol. The summed E-state index contributed by atoms with van der Waals surface area (Å²) in [5, 5.41) is 0. The molecule has 2 N–H and O–H groups in total. The molecular formula is C14H23FN2O2S. The Labute approximate surface area is 120 Å². The van der Waals surface area contributed by atoms with Gasteiger partial charge in [0.15, 0.2) is 0 Å². The summed E-state index contributed by atoms with van der Waals surface area (Å²) in [4.78, 5) is -0.320. The summed E-state index contributed by atoms with van der Waals surface area (Å²) in [6.45, 7) is 7.80. The standard InChI is InChI=1S/C14H23FN2O2S/c1-10(14(2,3)4)17(5)20(18,19)13-8-11(9-16)6-7-12(13)15/h6-8,10H,9,16H2,1-5H3. The van der Waals surface area contributed by atoms with Gasteiger partial charge >= 0.3 is 0 Å². The number of benzene rings is 1. The van der Waals surface area contributed by atoms with Crippen LogP contribution in [0.5, 0.6) is 0 Å². The molecule has 4 nitrogen and oxygen atoms in total. The van der Waals surface area contributed by atoms with E-state index in [1.54, 1.807) is 0 Å². The predicted molar refractivity (Wildman–Crippen MR) is 78.2 cm³/mol. The molecule has 0 aromatic heterocycles. The second-order valence-corrected chi connectivity index (χ2v) is 8.00. The van der Waals surface area contributed by atoms with Crippen molar-refractivity contribution in [3.8, 4) is 0 Å². The van der Waals surface area contributed by atoms with Crippen molar-refractivity contribution in [3.05, 3.63) is 29.6 Å². The normalized spacial score (nSPS) is 14.6. The second kappa shape index (κ2) is 5.79. The first kappa shape index (κ1) is 17.1. The molecule has 1 aromatic carbocycles. The summed E-state index contributed by atoms with van der Waals surface area (Å²) in [6, 6.07) is 3.66. The molecule has 1 aromatic rings. The molecule has 0 bridgehead atoms. The van der Waals surface area contributed by atoms with Crippen molar-refractivity contribution in [2.75, 3.05) is 7.05 Å². The lowest BCUT2D eigenvalue weighted by Gasteiger charge is -2.34. The zero-order valence-corrected chi connectivity index (χ0v) is 13.5. The summed E-state index contributed by atoms with van der Waals surface area (Å²) in [6.07, 6.45) is 0.